The van der Waals surface area contributed by atoms with Gasteiger partial charge in [-0.3, -0.25) is 29.1 Å². The zero-order valence-electron chi connectivity index (χ0n) is 32.0. The highest BCUT2D eigenvalue weighted by Gasteiger charge is 2.45. The standard InChI is InChI=1S/C42H43FN10O5/c1-45-40(55)35(3-2-18-54)52-41(56)33-13-8-28(19-34(33)42(52)57)50-22-30(23-50)51-20-29(21-51)49-16-14-27(15-17-49)53-39-36(38(44)46-24-47-39)37(48-53)25-4-9-31(10-5-25)58-32-11-6-26(43)7-12-32/h4-13,18-19,24,27,29-30,35H,2-3,14-17,20-23H2,1H3,(H,45,55)(H2,44,46,47). The highest BCUT2D eigenvalue weighted by atomic mass is 19.1. The van der Waals surface area contributed by atoms with Gasteiger partial charge < -0.3 is 25.5 Å². The van der Waals surface area contributed by atoms with Crippen molar-refractivity contribution < 1.29 is 28.3 Å². The van der Waals surface area contributed by atoms with Crippen LogP contribution in [0.25, 0.3) is 22.3 Å². The van der Waals surface area contributed by atoms with E-state index in [1.807, 2.05) is 35.0 Å². The molecule has 9 rings (SSSR count). The van der Waals surface area contributed by atoms with E-state index in [4.69, 9.17) is 15.6 Å². The van der Waals surface area contributed by atoms with Gasteiger partial charge >= 0.3 is 0 Å². The molecule has 3 N–H and O–H groups in total. The number of hydrogen-bond donors (Lipinski definition) is 2. The van der Waals surface area contributed by atoms with Gasteiger partial charge in [0, 0.05) is 76.1 Å². The molecule has 16 heteroatoms. The molecule has 6 heterocycles. The number of imide groups is 1. The van der Waals surface area contributed by atoms with Crippen LogP contribution >= 0.6 is 0 Å². The summed E-state index contributed by atoms with van der Waals surface area (Å²) >= 11 is 0. The topological polar surface area (TPSA) is 172 Å². The monoisotopic (exact) mass is 786 g/mol. The van der Waals surface area contributed by atoms with Crippen LogP contribution in [0.5, 0.6) is 11.5 Å². The number of carbonyl (C=O) groups excluding carboxylic acids is 4. The lowest BCUT2D eigenvalue weighted by Crippen LogP contribution is -2.70. The number of piperidine rings is 1. The summed E-state index contributed by atoms with van der Waals surface area (Å²) in [5, 5.41) is 8.31. The zero-order chi connectivity index (χ0) is 40.1. The molecule has 1 unspecified atom stereocenters. The first-order valence-electron chi connectivity index (χ1n) is 19.6. The molecule has 15 nitrogen and oxygen atoms in total. The summed E-state index contributed by atoms with van der Waals surface area (Å²) in [6.07, 6.45) is 4.16. The second kappa shape index (κ2) is 15.2. The number of nitrogens with two attached hydrogens (primary N) is 1. The number of amides is 3. The highest BCUT2D eigenvalue weighted by Crippen LogP contribution is 2.37. The number of likely N-dealkylation sites (N-methyl/N-ethyl adjacent to an activating group) is 1. The Hall–Kier alpha value is -6.26. The van der Waals surface area contributed by atoms with Crippen LogP contribution in [0.1, 0.15) is 52.4 Å². The molecule has 4 aliphatic rings. The van der Waals surface area contributed by atoms with E-state index in [-0.39, 0.29) is 35.8 Å². The van der Waals surface area contributed by atoms with Crippen molar-refractivity contribution in [2.45, 2.75) is 49.9 Å². The Morgan fingerprint density at radius 3 is 2.26 bits per heavy atom. The molecule has 0 aliphatic carbocycles. The van der Waals surface area contributed by atoms with Crippen molar-refractivity contribution in [3.63, 3.8) is 0 Å². The largest absolute Gasteiger partial charge is 0.457 e. The van der Waals surface area contributed by atoms with Gasteiger partial charge in [-0.15, -0.1) is 0 Å². The molecule has 5 aromatic rings. The lowest BCUT2D eigenvalue weighted by Gasteiger charge is -2.55. The van der Waals surface area contributed by atoms with E-state index in [9.17, 15) is 23.6 Å². The van der Waals surface area contributed by atoms with Crippen LogP contribution in [-0.4, -0.2) is 123 Å². The molecular weight excluding hydrogens is 744 g/mol. The van der Waals surface area contributed by atoms with Gasteiger partial charge in [-0.05, 0) is 86.0 Å². The van der Waals surface area contributed by atoms with E-state index in [1.165, 1.54) is 25.5 Å². The van der Waals surface area contributed by atoms with E-state index in [0.717, 1.165) is 85.0 Å². The van der Waals surface area contributed by atoms with Gasteiger partial charge in [0.25, 0.3) is 11.8 Å². The quantitative estimate of drug-likeness (QED) is 0.138. The fraction of sp³-hybridized carbons (Fsp3) is 0.357. The Balaban J connectivity index is 0.790. The third-order valence-electron chi connectivity index (χ3n) is 12.0. The zero-order valence-corrected chi connectivity index (χ0v) is 32.0. The number of carbonyl (C=O) groups is 4. The number of benzene rings is 3. The van der Waals surface area contributed by atoms with Crippen LogP contribution in [0.2, 0.25) is 0 Å². The van der Waals surface area contributed by atoms with E-state index < -0.39 is 23.8 Å². The number of fused-ring (bicyclic) bond motifs is 2. The molecule has 3 saturated heterocycles. The molecule has 3 fully saturated rings. The molecule has 1 atom stereocenters. The Morgan fingerprint density at radius 2 is 1.57 bits per heavy atom. The number of ether oxygens (including phenoxy) is 1. The third-order valence-corrected chi connectivity index (χ3v) is 12.0. The maximum absolute atomic E-state index is 13.4. The molecule has 3 aromatic carbocycles. The number of aldehydes is 1. The molecule has 0 spiro atoms. The number of anilines is 2. The van der Waals surface area contributed by atoms with E-state index in [1.54, 1.807) is 24.3 Å². The normalized spacial score (nSPS) is 18.6. The van der Waals surface area contributed by atoms with Crippen LogP contribution in [0.4, 0.5) is 15.9 Å². The van der Waals surface area contributed by atoms with Crippen molar-refractivity contribution >= 4 is 46.5 Å². The fourth-order valence-corrected chi connectivity index (χ4v) is 8.68. The molecule has 0 radical (unpaired) electrons. The lowest BCUT2D eigenvalue weighted by atomic mass is 9.95. The lowest BCUT2D eigenvalue weighted by molar-refractivity contribution is -0.124. The Labute approximate surface area is 333 Å². The summed E-state index contributed by atoms with van der Waals surface area (Å²) in [5.41, 5.74) is 10.2. The number of hydrogen-bond acceptors (Lipinski definition) is 12. The van der Waals surface area contributed by atoms with Crippen LogP contribution in [0, 0.1) is 5.82 Å². The van der Waals surface area contributed by atoms with Gasteiger partial charge in [-0.1, -0.05) is 0 Å². The number of halogens is 1. The Morgan fingerprint density at radius 1 is 0.897 bits per heavy atom. The molecule has 3 amide bonds. The van der Waals surface area contributed by atoms with Crippen molar-refractivity contribution in [2.75, 3.05) is 56.9 Å². The van der Waals surface area contributed by atoms with Gasteiger partial charge in [-0.25, -0.2) is 19.0 Å². The fourth-order valence-electron chi connectivity index (χ4n) is 8.68. The van der Waals surface area contributed by atoms with Crippen molar-refractivity contribution in [3.8, 4) is 22.8 Å². The van der Waals surface area contributed by atoms with Crippen LogP contribution in [0.3, 0.4) is 0 Å². The van der Waals surface area contributed by atoms with Crippen molar-refractivity contribution in [1.29, 1.82) is 0 Å². The van der Waals surface area contributed by atoms with Crippen molar-refractivity contribution in [2.24, 2.45) is 0 Å². The molecule has 298 valence electrons. The van der Waals surface area contributed by atoms with Gasteiger partial charge in [0.15, 0.2) is 5.65 Å². The summed E-state index contributed by atoms with van der Waals surface area (Å²) in [4.78, 5) is 67.4. The van der Waals surface area contributed by atoms with Gasteiger partial charge in [0.05, 0.1) is 22.6 Å². The number of aromatic nitrogens is 4. The summed E-state index contributed by atoms with van der Waals surface area (Å²) in [5.74, 6) is -0.277. The molecule has 2 aromatic heterocycles. The smallest absolute Gasteiger partial charge is 0.262 e. The van der Waals surface area contributed by atoms with Crippen LogP contribution in [0.15, 0.2) is 73.1 Å². The number of nitrogens with zero attached hydrogens (tertiary/aromatic N) is 8. The summed E-state index contributed by atoms with van der Waals surface area (Å²) in [6, 6.07) is 18.7. The minimum Gasteiger partial charge on any atom is -0.457 e. The van der Waals surface area contributed by atoms with E-state index in [2.05, 4.69) is 30.0 Å². The van der Waals surface area contributed by atoms with Crippen LogP contribution < -0.4 is 20.7 Å². The SMILES string of the molecule is CNC(=O)C(CCC=O)N1C(=O)c2ccc(N3CC(N4CC(N5CCC(n6nc(-c7ccc(Oc8ccc(F)cc8)cc7)c7c(N)ncnc76)CC5)C4)C3)cc2C1=O. The maximum Gasteiger partial charge on any atom is 0.262 e. The second-order valence-electron chi connectivity index (χ2n) is 15.3. The second-order valence-corrected chi connectivity index (χ2v) is 15.3. The highest BCUT2D eigenvalue weighted by molar-refractivity contribution is 6.23. The average molecular weight is 787 g/mol. The predicted octanol–water partition coefficient (Wildman–Crippen LogP) is 3.91. The number of nitrogens with one attached hydrogen (secondary N) is 1. The van der Waals surface area contributed by atoms with Gasteiger partial charge in [-0.2, -0.15) is 5.10 Å². The van der Waals surface area contributed by atoms with Gasteiger partial charge in [0.1, 0.15) is 47.5 Å². The first-order valence-corrected chi connectivity index (χ1v) is 19.6. The first-order chi connectivity index (χ1) is 28.2. The number of rotatable bonds is 12. The van der Waals surface area contributed by atoms with E-state index >= 15 is 0 Å². The Bertz CT molecular complexity index is 2390. The Kier molecular flexibility index (Phi) is 9.81. The minimum absolute atomic E-state index is 0.0633. The van der Waals surface area contributed by atoms with E-state index in [0.29, 0.717) is 35.7 Å². The minimum atomic E-state index is -1.04. The van der Waals surface area contributed by atoms with Crippen molar-refractivity contribution in [3.05, 3.63) is 90.0 Å². The number of nitrogen functional groups attached to an aromatic ring is 1. The molecule has 58 heavy (non-hydrogen) atoms. The summed E-state index contributed by atoms with van der Waals surface area (Å²) in [7, 11) is 1.45. The van der Waals surface area contributed by atoms with Crippen LogP contribution in [-0.2, 0) is 9.59 Å². The molecule has 0 bridgehead atoms. The molecular formula is C42H43FN10O5. The first kappa shape index (κ1) is 37.3. The summed E-state index contributed by atoms with van der Waals surface area (Å²) in [6.45, 7) is 5.53. The van der Waals surface area contributed by atoms with Gasteiger partial charge in [0.2, 0.25) is 5.91 Å². The molecule has 0 saturated carbocycles. The summed E-state index contributed by atoms with van der Waals surface area (Å²) < 4.78 is 21.2. The third kappa shape index (κ3) is 6.71. The maximum atomic E-state index is 13.4. The predicted molar refractivity (Wildman–Crippen MR) is 213 cm³/mol. The molecule has 4 aliphatic heterocycles. The van der Waals surface area contributed by atoms with Crippen molar-refractivity contribution in [1.82, 2.24) is 39.8 Å². The average Bonchev–Trinajstić information content (AvgIpc) is 3.72. The number of likely N-dealkylation sites (tertiary alicyclic amines) is 2.